The van der Waals surface area contributed by atoms with Crippen molar-refractivity contribution in [1.29, 1.82) is 0 Å². The molecule has 13 heteroatoms. The second-order valence-electron chi connectivity index (χ2n) is 10.5. The minimum Gasteiger partial charge on any atom is -0.475 e. The van der Waals surface area contributed by atoms with Crippen molar-refractivity contribution in [2.24, 2.45) is 5.73 Å². The summed E-state index contributed by atoms with van der Waals surface area (Å²) < 4.78 is 57.3. The lowest BCUT2D eigenvalue weighted by atomic mass is 9.93. The maximum atomic E-state index is 13.3. The number of carbonyl (C=O) groups is 1. The number of alkyl halides is 3. The summed E-state index contributed by atoms with van der Waals surface area (Å²) in [5, 5.41) is 0. The number of primary amides is 1. The number of urea groups is 1. The number of pyridine rings is 1. The Labute approximate surface area is 227 Å². The monoisotopic (exact) mass is 556 g/mol. The van der Waals surface area contributed by atoms with Crippen LogP contribution in [-0.4, -0.2) is 59.2 Å². The number of aromatic nitrogens is 3. The molecule has 1 unspecified atom stereocenters. The number of carbonyl (C=O) groups excluding carboxylic acids is 1. The number of hydrogen-bond acceptors (Lipinski definition) is 8. The summed E-state index contributed by atoms with van der Waals surface area (Å²) in [6.07, 6.45) is -2.76. The summed E-state index contributed by atoms with van der Waals surface area (Å²) in [6.45, 7) is 5.18. The summed E-state index contributed by atoms with van der Waals surface area (Å²) >= 11 is 0. The predicted molar refractivity (Wildman–Crippen MR) is 138 cm³/mol. The minimum atomic E-state index is -4.50. The first-order chi connectivity index (χ1) is 19.0. The zero-order chi connectivity index (χ0) is 28.3. The largest absolute Gasteiger partial charge is 0.475 e. The van der Waals surface area contributed by atoms with Gasteiger partial charge in [0.15, 0.2) is 17.4 Å². The van der Waals surface area contributed by atoms with Gasteiger partial charge in [-0.25, -0.2) is 14.8 Å². The van der Waals surface area contributed by atoms with Crippen LogP contribution in [0.5, 0.6) is 5.88 Å². The van der Waals surface area contributed by atoms with Crippen LogP contribution in [0, 0.1) is 0 Å². The number of halogens is 3. The van der Waals surface area contributed by atoms with Crippen LogP contribution >= 0.6 is 0 Å². The highest BCUT2D eigenvalue weighted by molar-refractivity contribution is 5.97. The van der Waals surface area contributed by atoms with Gasteiger partial charge in [0, 0.05) is 30.9 Å². The Hall–Kier alpha value is -3.97. The zero-order valence-electron chi connectivity index (χ0n) is 21.8. The summed E-state index contributed by atoms with van der Waals surface area (Å²) in [6, 6.07) is 9.11. The van der Waals surface area contributed by atoms with Crippen LogP contribution in [0.3, 0.4) is 0 Å². The molecule has 1 aromatic carbocycles. The number of hydrogen-bond donors (Lipinski definition) is 1. The van der Waals surface area contributed by atoms with E-state index in [0.29, 0.717) is 43.5 Å². The fraction of sp³-hybridized carbons (Fsp3) is 0.407. The van der Waals surface area contributed by atoms with Crippen LogP contribution in [0.2, 0.25) is 0 Å². The Morgan fingerprint density at radius 3 is 2.75 bits per heavy atom. The third kappa shape index (κ3) is 4.58. The average molecular weight is 557 g/mol. The SMILES string of the molecule is CC1(C)OC[C@H](COc2ccnc(C34CCN(C3)c3ccc(-c5cccc(C(F)(F)F)c5)nc3N4C(N)=O)n2)O1. The number of rotatable bonds is 5. The highest BCUT2D eigenvalue weighted by Crippen LogP contribution is 2.49. The Bertz CT molecular complexity index is 1470. The standard InChI is InChI=1S/C27H27F3N6O4/c1-25(2)39-14-18(40-25)13-38-21-8-10-32-23(34-21)26-9-11-35(15-26)20-7-6-19(33-22(20)36(26)24(31)37)16-4-3-5-17(12-16)27(28,29)30/h3-8,10,12,18H,9,11,13-15H2,1-2H3,(H2,31,37)/t18-,26?/m0/s1. The molecule has 3 aliphatic heterocycles. The predicted octanol–water partition coefficient (Wildman–Crippen LogP) is 4.09. The maximum Gasteiger partial charge on any atom is 0.416 e. The van der Waals surface area contributed by atoms with Crippen LogP contribution < -0.4 is 20.3 Å². The van der Waals surface area contributed by atoms with Crippen molar-refractivity contribution < 1.29 is 32.2 Å². The van der Waals surface area contributed by atoms with Crippen LogP contribution in [0.15, 0.2) is 48.7 Å². The van der Waals surface area contributed by atoms with Gasteiger partial charge in [0.2, 0.25) is 5.88 Å². The number of amides is 2. The van der Waals surface area contributed by atoms with E-state index < -0.39 is 29.1 Å². The molecule has 2 aromatic heterocycles. The third-order valence-electron chi connectivity index (χ3n) is 7.32. The van der Waals surface area contributed by atoms with E-state index in [0.717, 1.165) is 12.1 Å². The number of ether oxygens (including phenoxy) is 3. The maximum absolute atomic E-state index is 13.3. The van der Waals surface area contributed by atoms with Crippen molar-refractivity contribution in [3.8, 4) is 17.1 Å². The Kier molecular flexibility index (Phi) is 6.11. The molecule has 10 nitrogen and oxygen atoms in total. The number of fused-ring (bicyclic) bond motifs is 4. The molecular weight excluding hydrogens is 529 g/mol. The molecule has 210 valence electrons. The summed E-state index contributed by atoms with van der Waals surface area (Å²) in [7, 11) is 0. The first-order valence-corrected chi connectivity index (χ1v) is 12.8. The molecule has 0 aliphatic carbocycles. The van der Waals surface area contributed by atoms with Gasteiger partial charge in [-0.2, -0.15) is 18.2 Å². The summed E-state index contributed by atoms with van der Waals surface area (Å²) in [5.41, 5.74) is 5.27. The van der Waals surface area contributed by atoms with Crippen LogP contribution in [0.25, 0.3) is 11.3 Å². The molecule has 5 heterocycles. The molecule has 2 amide bonds. The molecule has 0 radical (unpaired) electrons. The Balaban J connectivity index is 1.34. The molecule has 0 spiro atoms. The molecule has 3 aromatic rings. The molecule has 2 bridgehead atoms. The Morgan fingerprint density at radius 2 is 2.02 bits per heavy atom. The Morgan fingerprint density at radius 1 is 1.20 bits per heavy atom. The van der Waals surface area contributed by atoms with Crippen molar-refractivity contribution in [2.75, 3.05) is 36.1 Å². The summed E-state index contributed by atoms with van der Waals surface area (Å²) in [4.78, 5) is 30.1. The number of nitrogens with zero attached hydrogens (tertiary/aromatic N) is 5. The van der Waals surface area contributed by atoms with Gasteiger partial charge in [-0.15, -0.1) is 0 Å². The van der Waals surface area contributed by atoms with E-state index in [1.54, 1.807) is 24.4 Å². The van der Waals surface area contributed by atoms with Crippen LogP contribution in [0.1, 0.15) is 31.7 Å². The van der Waals surface area contributed by atoms with E-state index in [-0.39, 0.29) is 29.8 Å². The molecular formula is C27H27F3N6O4. The van der Waals surface area contributed by atoms with E-state index in [1.165, 1.54) is 17.0 Å². The number of nitrogens with two attached hydrogens (primary N) is 1. The number of anilines is 2. The topological polar surface area (TPSA) is 116 Å². The summed E-state index contributed by atoms with van der Waals surface area (Å²) in [5.74, 6) is 0.174. The quantitative estimate of drug-likeness (QED) is 0.500. The first kappa shape index (κ1) is 26.3. The molecule has 2 saturated heterocycles. The van der Waals surface area contributed by atoms with Crippen molar-refractivity contribution in [3.63, 3.8) is 0 Å². The fourth-order valence-corrected chi connectivity index (χ4v) is 5.52. The lowest BCUT2D eigenvalue weighted by Crippen LogP contribution is -2.57. The van der Waals surface area contributed by atoms with Gasteiger partial charge >= 0.3 is 12.2 Å². The first-order valence-electron chi connectivity index (χ1n) is 12.8. The second kappa shape index (κ2) is 9.30. The van der Waals surface area contributed by atoms with Gasteiger partial charge in [-0.3, -0.25) is 4.90 Å². The van der Waals surface area contributed by atoms with Gasteiger partial charge in [-0.1, -0.05) is 12.1 Å². The minimum absolute atomic E-state index is 0.212. The number of benzene rings is 1. The average Bonchev–Trinajstić information content (AvgIpc) is 3.47. The van der Waals surface area contributed by atoms with Crippen molar-refractivity contribution in [3.05, 3.63) is 60.0 Å². The van der Waals surface area contributed by atoms with E-state index in [4.69, 9.17) is 19.9 Å². The molecule has 6 rings (SSSR count). The highest BCUT2D eigenvalue weighted by Gasteiger charge is 2.54. The van der Waals surface area contributed by atoms with Gasteiger partial charge in [0.05, 0.1) is 23.6 Å². The smallest absolute Gasteiger partial charge is 0.416 e. The van der Waals surface area contributed by atoms with E-state index >= 15 is 0 Å². The lowest BCUT2D eigenvalue weighted by Gasteiger charge is -2.43. The lowest BCUT2D eigenvalue weighted by molar-refractivity contribution is -0.141. The molecule has 0 saturated carbocycles. The highest BCUT2D eigenvalue weighted by atomic mass is 19.4. The van der Waals surface area contributed by atoms with E-state index in [1.807, 2.05) is 18.7 Å². The molecule has 2 atom stereocenters. The van der Waals surface area contributed by atoms with Gasteiger partial charge < -0.3 is 24.8 Å². The normalized spacial score (nSPS) is 23.3. The third-order valence-corrected chi connectivity index (χ3v) is 7.32. The van der Waals surface area contributed by atoms with Crippen molar-refractivity contribution in [2.45, 2.75) is 43.9 Å². The second-order valence-corrected chi connectivity index (χ2v) is 10.5. The molecule has 40 heavy (non-hydrogen) atoms. The van der Waals surface area contributed by atoms with Crippen LogP contribution in [-0.2, 0) is 21.2 Å². The van der Waals surface area contributed by atoms with Gasteiger partial charge in [0.25, 0.3) is 0 Å². The van der Waals surface area contributed by atoms with Gasteiger partial charge in [-0.05, 0) is 44.5 Å². The van der Waals surface area contributed by atoms with Crippen molar-refractivity contribution >= 4 is 17.5 Å². The molecule has 2 fully saturated rings. The fourth-order valence-electron chi connectivity index (χ4n) is 5.52. The zero-order valence-corrected chi connectivity index (χ0v) is 21.8. The molecule has 2 N–H and O–H groups in total. The van der Waals surface area contributed by atoms with Crippen LogP contribution in [0.4, 0.5) is 29.5 Å². The van der Waals surface area contributed by atoms with Crippen molar-refractivity contribution in [1.82, 2.24) is 15.0 Å². The van der Waals surface area contributed by atoms with E-state index in [9.17, 15) is 18.0 Å². The van der Waals surface area contributed by atoms with E-state index in [2.05, 4.69) is 15.0 Å². The molecule has 3 aliphatic rings. The van der Waals surface area contributed by atoms with Gasteiger partial charge in [0.1, 0.15) is 18.2 Å².